The quantitative estimate of drug-likeness (QED) is 0.202. The standard InChI is InChI=1S/C46H72FNO5S/c1-30(2)33-15-24-46(48-28-27-45(51)22-13-32(14-23-45)54(8,52)53)26-25-42(6)35(38(33)46)9-10-37-41(5)18-16-34(40(3,4)36(41)17-19-43(37,42)7)31-11-20-44(29-47,21-12-31)39(49)50/h11,16,32-33,35-38,48,51H,1,9-10,12-15,17-29H2,2-8H3,(H,49,50)/t32-,33-,35+,36-,37+,38+,41-,42+,43+,44+,45-,46-/m0/s1. The molecule has 0 spiro atoms. The van der Waals surface area contributed by atoms with Crippen LogP contribution in [0.4, 0.5) is 4.39 Å². The number of aliphatic carboxylic acids is 1. The number of sulfone groups is 1. The second-order valence-corrected chi connectivity index (χ2v) is 23.8. The summed E-state index contributed by atoms with van der Waals surface area (Å²) in [7, 11) is -3.07. The topological polar surface area (TPSA) is 104 Å². The molecular formula is C46H72FNO5S. The van der Waals surface area contributed by atoms with Gasteiger partial charge >= 0.3 is 5.97 Å². The van der Waals surface area contributed by atoms with Gasteiger partial charge in [0.05, 0.1) is 16.3 Å². The Labute approximate surface area is 326 Å². The van der Waals surface area contributed by atoms with Crippen LogP contribution in [0.1, 0.15) is 151 Å². The van der Waals surface area contributed by atoms with Gasteiger partial charge in [-0.15, -0.1) is 0 Å². The van der Waals surface area contributed by atoms with Crippen LogP contribution in [0.2, 0.25) is 0 Å². The Kier molecular flexibility index (Phi) is 10.2. The minimum Gasteiger partial charge on any atom is -0.481 e. The van der Waals surface area contributed by atoms with Gasteiger partial charge in [-0.3, -0.25) is 4.79 Å². The highest BCUT2D eigenvalue weighted by Crippen LogP contribution is 2.76. The van der Waals surface area contributed by atoms with Gasteiger partial charge in [0.2, 0.25) is 0 Å². The predicted molar refractivity (Wildman–Crippen MR) is 215 cm³/mol. The van der Waals surface area contributed by atoms with Crippen LogP contribution in [0.5, 0.6) is 0 Å². The number of nitrogens with one attached hydrogen (secondary N) is 1. The van der Waals surface area contributed by atoms with Gasteiger partial charge in [-0.1, -0.05) is 58.9 Å². The molecule has 8 heteroatoms. The summed E-state index contributed by atoms with van der Waals surface area (Å²) in [6.07, 6.45) is 20.8. The summed E-state index contributed by atoms with van der Waals surface area (Å²) in [6, 6.07) is 0. The Morgan fingerprint density at radius 3 is 2.19 bits per heavy atom. The fourth-order valence-electron chi connectivity index (χ4n) is 15.5. The molecule has 0 bridgehead atoms. The molecule has 7 aliphatic carbocycles. The number of carboxylic acids is 1. The summed E-state index contributed by atoms with van der Waals surface area (Å²) in [6.45, 7) is 19.7. The van der Waals surface area contributed by atoms with E-state index in [9.17, 15) is 27.8 Å². The van der Waals surface area contributed by atoms with Crippen molar-refractivity contribution in [2.45, 2.75) is 167 Å². The van der Waals surface area contributed by atoms with E-state index in [0.717, 1.165) is 25.8 Å². The second-order valence-electron chi connectivity index (χ2n) is 21.5. The van der Waals surface area contributed by atoms with Gasteiger partial charge in [-0.25, -0.2) is 12.8 Å². The van der Waals surface area contributed by atoms with Crippen LogP contribution >= 0.6 is 0 Å². The van der Waals surface area contributed by atoms with Gasteiger partial charge in [-0.05, 0) is 185 Å². The number of hydrogen-bond donors (Lipinski definition) is 3. The van der Waals surface area contributed by atoms with Crippen molar-refractivity contribution in [3.8, 4) is 0 Å². The van der Waals surface area contributed by atoms with Crippen molar-refractivity contribution in [2.75, 3.05) is 19.5 Å². The molecule has 5 fully saturated rings. The fourth-order valence-corrected chi connectivity index (χ4v) is 16.6. The Balaban J connectivity index is 1.12. The van der Waals surface area contributed by atoms with Gasteiger partial charge in [0.15, 0.2) is 0 Å². The van der Waals surface area contributed by atoms with Crippen LogP contribution in [-0.4, -0.2) is 60.5 Å². The molecule has 0 aromatic heterocycles. The van der Waals surface area contributed by atoms with Crippen LogP contribution in [0, 0.1) is 56.7 Å². The van der Waals surface area contributed by atoms with Crippen molar-refractivity contribution in [3.63, 3.8) is 0 Å². The number of carbonyl (C=O) groups is 1. The number of alkyl halides is 1. The van der Waals surface area contributed by atoms with Crippen LogP contribution in [-0.2, 0) is 14.6 Å². The van der Waals surface area contributed by atoms with Gasteiger partial charge in [0.1, 0.15) is 16.5 Å². The lowest BCUT2D eigenvalue weighted by Gasteiger charge is -2.72. The number of halogens is 1. The van der Waals surface area contributed by atoms with E-state index in [4.69, 9.17) is 0 Å². The molecule has 0 aromatic rings. The lowest BCUT2D eigenvalue weighted by molar-refractivity contribution is -0.221. The zero-order valence-electron chi connectivity index (χ0n) is 34.7. The van der Waals surface area contributed by atoms with Gasteiger partial charge in [0.25, 0.3) is 0 Å². The predicted octanol–water partition coefficient (Wildman–Crippen LogP) is 9.78. The van der Waals surface area contributed by atoms with Crippen LogP contribution < -0.4 is 5.32 Å². The molecule has 0 aliphatic heterocycles. The largest absolute Gasteiger partial charge is 0.481 e. The Morgan fingerprint density at radius 1 is 0.889 bits per heavy atom. The molecule has 7 rings (SSSR count). The van der Waals surface area contributed by atoms with E-state index in [-0.39, 0.29) is 38.9 Å². The van der Waals surface area contributed by atoms with Crippen molar-refractivity contribution in [1.29, 1.82) is 0 Å². The van der Waals surface area contributed by atoms with Crippen molar-refractivity contribution in [2.24, 2.45) is 56.7 Å². The zero-order valence-corrected chi connectivity index (χ0v) is 35.5. The maximum atomic E-state index is 14.0. The van der Waals surface area contributed by atoms with Crippen molar-refractivity contribution in [3.05, 3.63) is 35.5 Å². The third-order valence-electron chi connectivity index (χ3n) is 18.8. The maximum absolute atomic E-state index is 14.0. The minimum atomic E-state index is -3.07. The highest BCUT2D eigenvalue weighted by atomic mass is 32.2. The number of fused-ring (bicyclic) bond motifs is 7. The average molecular weight is 770 g/mol. The van der Waals surface area contributed by atoms with E-state index in [2.05, 4.69) is 65.6 Å². The van der Waals surface area contributed by atoms with Gasteiger partial charge in [0, 0.05) is 11.8 Å². The number of hydrogen-bond acceptors (Lipinski definition) is 5. The van der Waals surface area contributed by atoms with Crippen molar-refractivity contribution in [1.82, 2.24) is 5.32 Å². The molecule has 0 radical (unpaired) electrons. The molecule has 6 nitrogen and oxygen atoms in total. The van der Waals surface area contributed by atoms with Crippen molar-refractivity contribution < 1.29 is 27.8 Å². The maximum Gasteiger partial charge on any atom is 0.312 e. The first-order chi connectivity index (χ1) is 25.1. The molecule has 5 saturated carbocycles. The molecule has 3 N–H and O–H groups in total. The number of aliphatic hydroxyl groups is 1. The van der Waals surface area contributed by atoms with Crippen LogP contribution in [0.15, 0.2) is 35.5 Å². The summed E-state index contributed by atoms with van der Waals surface area (Å²) >= 11 is 0. The third kappa shape index (κ3) is 6.09. The summed E-state index contributed by atoms with van der Waals surface area (Å²) in [5, 5.41) is 25.2. The van der Waals surface area contributed by atoms with E-state index in [1.165, 1.54) is 61.5 Å². The lowest BCUT2D eigenvalue weighted by atomic mass is 9.33. The van der Waals surface area contributed by atoms with E-state index in [1.807, 2.05) is 0 Å². The number of rotatable bonds is 9. The third-order valence-corrected chi connectivity index (χ3v) is 20.5. The highest BCUT2D eigenvalue weighted by molar-refractivity contribution is 7.91. The monoisotopic (exact) mass is 770 g/mol. The molecule has 7 aliphatic rings. The molecule has 0 saturated heterocycles. The fraction of sp³-hybridized carbons (Fsp3) is 0.848. The van der Waals surface area contributed by atoms with Gasteiger partial charge in [-0.2, -0.15) is 0 Å². The molecule has 10 atom stereocenters. The molecule has 54 heavy (non-hydrogen) atoms. The van der Waals surface area contributed by atoms with E-state index >= 15 is 0 Å². The SMILES string of the molecule is C=C(C)[C@@H]1CC[C@]2(NCC[C@]3(O)CC[C@H](S(C)(=O)=O)CC3)CC[C@]3(C)[C@H](CC[C@@H]4[C@@]5(C)CC=C(C6=CC[C@@](CF)(C(=O)O)CC6)C(C)(C)[C@@H]5CC[C@]43C)[C@@H]12. The number of carboxylic acid groups (broad SMARTS) is 1. The normalized spacial score (nSPS) is 47.3. The van der Waals surface area contributed by atoms with Crippen LogP contribution in [0.25, 0.3) is 0 Å². The van der Waals surface area contributed by atoms with Crippen LogP contribution in [0.3, 0.4) is 0 Å². The van der Waals surface area contributed by atoms with E-state index in [1.54, 1.807) is 0 Å². The molecule has 304 valence electrons. The summed E-state index contributed by atoms with van der Waals surface area (Å²) in [5.74, 6) is 1.79. The van der Waals surface area contributed by atoms with E-state index < -0.39 is 33.5 Å². The van der Waals surface area contributed by atoms with Crippen molar-refractivity contribution >= 4 is 15.8 Å². The summed E-state index contributed by atoms with van der Waals surface area (Å²) in [4.78, 5) is 12.0. The first-order valence-corrected chi connectivity index (χ1v) is 23.6. The molecule has 0 aromatic carbocycles. The summed E-state index contributed by atoms with van der Waals surface area (Å²) in [5.41, 5.74) is 2.54. The lowest BCUT2D eigenvalue weighted by Crippen LogP contribution is -2.68. The smallest absolute Gasteiger partial charge is 0.312 e. The first kappa shape index (κ1) is 40.7. The minimum absolute atomic E-state index is 0.0346. The molecule has 0 unspecified atom stereocenters. The Morgan fingerprint density at radius 2 is 1.59 bits per heavy atom. The molecule has 0 amide bonds. The second kappa shape index (κ2) is 13.5. The zero-order chi connectivity index (χ0) is 39.3. The average Bonchev–Trinajstić information content (AvgIpc) is 3.48. The van der Waals surface area contributed by atoms with Gasteiger partial charge < -0.3 is 15.5 Å². The van der Waals surface area contributed by atoms with E-state index in [0.29, 0.717) is 74.5 Å². The number of allylic oxidation sites excluding steroid dienone is 5. The highest BCUT2D eigenvalue weighted by Gasteiger charge is 2.70. The Bertz CT molecular complexity index is 1690. The first-order valence-electron chi connectivity index (χ1n) is 21.6. The molecular weight excluding hydrogens is 698 g/mol. The Hall–Kier alpha value is -1.51. The summed E-state index contributed by atoms with van der Waals surface area (Å²) < 4.78 is 38.4. The molecule has 0 heterocycles.